The maximum atomic E-state index is 5.62. The van der Waals surface area contributed by atoms with E-state index in [0.29, 0.717) is 12.6 Å². The van der Waals surface area contributed by atoms with E-state index >= 15 is 0 Å². The fraction of sp³-hybridized carbons (Fsp3) is 0.818. The lowest BCUT2D eigenvalue weighted by molar-refractivity contribution is 0.252. The van der Waals surface area contributed by atoms with Gasteiger partial charge >= 0.3 is 0 Å². The first-order valence-corrected chi connectivity index (χ1v) is 5.66. The van der Waals surface area contributed by atoms with Crippen LogP contribution in [0.15, 0.2) is 6.20 Å². The van der Waals surface area contributed by atoms with E-state index in [4.69, 9.17) is 5.73 Å². The maximum absolute atomic E-state index is 5.62. The SMILES string of the molecule is CC(CN)N(C)Cc1cn(C(C)(C)C)nn1. The molecule has 5 nitrogen and oxygen atoms in total. The van der Waals surface area contributed by atoms with Gasteiger partial charge in [-0.05, 0) is 34.7 Å². The van der Waals surface area contributed by atoms with Gasteiger partial charge in [-0.15, -0.1) is 5.10 Å². The molecule has 0 radical (unpaired) electrons. The van der Waals surface area contributed by atoms with Crippen molar-refractivity contribution in [2.24, 2.45) is 5.73 Å². The summed E-state index contributed by atoms with van der Waals surface area (Å²) >= 11 is 0. The molecule has 0 amide bonds. The second kappa shape index (κ2) is 4.93. The van der Waals surface area contributed by atoms with Crippen molar-refractivity contribution < 1.29 is 0 Å². The normalized spacial score (nSPS) is 14.4. The molecule has 1 aromatic heterocycles. The lowest BCUT2D eigenvalue weighted by atomic mass is 10.1. The van der Waals surface area contributed by atoms with Gasteiger partial charge in [-0.25, -0.2) is 4.68 Å². The minimum absolute atomic E-state index is 0.0106. The summed E-state index contributed by atoms with van der Waals surface area (Å²) in [7, 11) is 2.05. The number of hydrogen-bond donors (Lipinski definition) is 1. The monoisotopic (exact) mass is 225 g/mol. The fourth-order valence-corrected chi connectivity index (χ4v) is 1.29. The Bertz CT molecular complexity index is 325. The zero-order valence-corrected chi connectivity index (χ0v) is 10.9. The van der Waals surface area contributed by atoms with Crippen LogP contribution in [0.2, 0.25) is 0 Å². The van der Waals surface area contributed by atoms with Crippen LogP contribution >= 0.6 is 0 Å². The second-order valence-corrected chi connectivity index (χ2v) is 5.33. The summed E-state index contributed by atoms with van der Waals surface area (Å²) < 4.78 is 1.89. The molecule has 0 aromatic carbocycles. The molecule has 92 valence electrons. The first kappa shape index (κ1) is 13.1. The largest absolute Gasteiger partial charge is 0.329 e. The summed E-state index contributed by atoms with van der Waals surface area (Å²) in [5, 5.41) is 8.30. The van der Waals surface area contributed by atoms with Gasteiger partial charge in [0.25, 0.3) is 0 Å². The molecular weight excluding hydrogens is 202 g/mol. The zero-order valence-electron chi connectivity index (χ0n) is 10.9. The highest BCUT2D eigenvalue weighted by Gasteiger charge is 2.16. The average Bonchev–Trinajstić information content (AvgIpc) is 2.64. The van der Waals surface area contributed by atoms with Crippen molar-refractivity contribution in [3.05, 3.63) is 11.9 Å². The van der Waals surface area contributed by atoms with E-state index in [9.17, 15) is 0 Å². The van der Waals surface area contributed by atoms with Gasteiger partial charge in [-0.1, -0.05) is 5.21 Å². The van der Waals surface area contributed by atoms with Crippen molar-refractivity contribution in [1.82, 2.24) is 19.9 Å². The van der Waals surface area contributed by atoms with E-state index in [2.05, 4.69) is 42.9 Å². The summed E-state index contributed by atoms with van der Waals surface area (Å²) in [6, 6.07) is 0.361. The van der Waals surface area contributed by atoms with E-state index in [1.807, 2.05) is 17.9 Å². The minimum atomic E-state index is -0.0106. The number of nitrogens with two attached hydrogens (primary N) is 1. The number of hydrogen-bond acceptors (Lipinski definition) is 4. The number of rotatable bonds is 4. The zero-order chi connectivity index (χ0) is 12.3. The van der Waals surface area contributed by atoms with Crippen molar-refractivity contribution >= 4 is 0 Å². The molecule has 0 saturated carbocycles. The highest BCUT2D eigenvalue weighted by molar-refractivity contribution is 4.94. The van der Waals surface area contributed by atoms with Crippen LogP contribution in [0, 0.1) is 0 Å². The predicted molar refractivity (Wildman–Crippen MR) is 65.0 cm³/mol. The Labute approximate surface area is 97.6 Å². The first-order valence-electron chi connectivity index (χ1n) is 5.66. The van der Waals surface area contributed by atoms with Crippen LogP contribution in [-0.4, -0.2) is 39.5 Å². The summed E-state index contributed by atoms with van der Waals surface area (Å²) in [6.45, 7) is 9.87. The van der Waals surface area contributed by atoms with Crippen LogP contribution in [0.3, 0.4) is 0 Å². The van der Waals surface area contributed by atoms with Crippen LogP contribution < -0.4 is 5.73 Å². The minimum Gasteiger partial charge on any atom is -0.329 e. The van der Waals surface area contributed by atoms with E-state index in [0.717, 1.165) is 12.2 Å². The Balaban J connectivity index is 2.66. The van der Waals surface area contributed by atoms with E-state index in [1.165, 1.54) is 0 Å². The molecule has 1 heterocycles. The Kier molecular flexibility index (Phi) is 4.04. The van der Waals surface area contributed by atoms with Gasteiger partial charge in [0.2, 0.25) is 0 Å². The van der Waals surface area contributed by atoms with Gasteiger partial charge < -0.3 is 5.73 Å². The maximum Gasteiger partial charge on any atom is 0.0967 e. The summed E-state index contributed by atoms with van der Waals surface area (Å²) in [5.74, 6) is 0. The van der Waals surface area contributed by atoms with Gasteiger partial charge in [0.05, 0.1) is 17.4 Å². The lowest BCUT2D eigenvalue weighted by Gasteiger charge is -2.22. The van der Waals surface area contributed by atoms with E-state index < -0.39 is 0 Å². The lowest BCUT2D eigenvalue weighted by Crippen LogP contribution is -2.34. The summed E-state index contributed by atoms with van der Waals surface area (Å²) in [5.41, 5.74) is 6.59. The van der Waals surface area contributed by atoms with E-state index in [1.54, 1.807) is 0 Å². The van der Waals surface area contributed by atoms with Gasteiger partial charge in [0.15, 0.2) is 0 Å². The quantitative estimate of drug-likeness (QED) is 0.824. The van der Waals surface area contributed by atoms with Crippen LogP contribution in [0.4, 0.5) is 0 Å². The standard InChI is InChI=1S/C11H23N5/c1-9(6-12)15(5)7-10-8-16(14-13-10)11(2,3)4/h8-9H,6-7,12H2,1-5H3. The smallest absolute Gasteiger partial charge is 0.0967 e. The molecule has 1 aromatic rings. The molecule has 0 aliphatic rings. The first-order chi connectivity index (χ1) is 7.34. The summed E-state index contributed by atoms with van der Waals surface area (Å²) in [4.78, 5) is 2.18. The topological polar surface area (TPSA) is 60.0 Å². The highest BCUT2D eigenvalue weighted by atomic mass is 15.4. The molecule has 0 aliphatic heterocycles. The molecule has 0 bridgehead atoms. The molecule has 1 atom stereocenters. The summed E-state index contributed by atoms with van der Waals surface area (Å²) in [6.07, 6.45) is 2.00. The third kappa shape index (κ3) is 3.28. The fourth-order valence-electron chi connectivity index (χ4n) is 1.29. The number of nitrogens with zero attached hydrogens (tertiary/aromatic N) is 4. The van der Waals surface area contributed by atoms with Crippen LogP contribution in [0.25, 0.3) is 0 Å². The van der Waals surface area contributed by atoms with Crippen molar-refractivity contribution in [1.29, 1.82) is 0 Å². The predicted octanol–water partition coefficient (Wildman–Crippen LogP) is 0.812. The molecule has 5 heteroatoms. The molecule has 0 aliphatic carbocycles. The van der Waals surface area contributed by atoms with Crippen LogP contribution in [0.1, 0.15) is 33.4 Å². The Hall–Kier alpha value is -0.940. The molecule has 0 spiro atoms. The third-order valence-corrected chi connectivity index (χ3v) is 2.73. The van der Waals surface area contributed by atoms with E-state index in [-0.39, 0.29) is 5.54 Å². The molecule has 0 saturated heterocycles. The Morgan fingerprint density at radius 1 is 1.50 bits per heavy atom. The van der Waals surface area contributed by atoms with Gasteiger partial charge in [-0.3, -0.25) is 4.90 Å². The Morgan fingerprint density at radius 3 is 2.56 bits per heavy atom. The molecular formula is C11H23N5. The van der Waals surface area contributed by atoms with Crippen molar-refractivity contribution in [2.45, 2.75) is 45.8 Å². The molecule has 2 N–H and O–H groups in total. The van der Waals surface area contributed by atoms with Crippen LogP contribution in [0.5, 0.6) is 0 Å². The molecule has 1 rings (SSSR count). The van der Waals surface area contributed by atoms with Gasteiger partial charge in [0.1, 0.15) is 0 Å². The Morgan fingerprint density at radius 2 is 2.12 bits per heavy atom. The van der Waals surface area contributed by atoms with Crippen LogP contribution in [-0.2, 0) is 12.1 Å². The number of likely N-dealkylation sites (N-methyl/N-ethyl adjacent to an activating group) is 1. The second-order valence-electron chi connectivity index (χ2n) is 5.33. The third-order valence-electron chi connectivity index (χ3n) is 2.73. The molecule has 0 fully saturated rings. The van der Waals surface area contributed by atoms with Gasteiger partial charge in [0, 0.05) is 19.1 Å². The van der Waals surface area contributed by atoms with Crippen molar-refractivity contribution in [3.63, 3.8) is 0 Å². The molecule has 1 unspecified atom stereocenters. The van der Waals surface area contributed by atoms with Crippen molar-refractivity contribution in [3.8, 4) is 0 Å². The van der Waals surface area contributed by atoms with Gasteiger partial charge in [-0.2, -0.15) is 0 Å². The number of aromatic nitrogens is 3. The highest BCUT2D eigenvalue weighted by Crippen LogP contribution is 2.12. The molecule has 16 heavy (non-hydrogen) atoms. The average molecular weight is 225 g/mol. The van der Waals surface area contributed by atoms with Crippen molar-refractivity contribution in [2.75, 3.05) is 13.6 Å².